The van der Waals surface area contributed by atoms with E-state index < -0.39 is 0 Å². The fraction of sp³-hybridized carbons (Fsp3) is 0.500. The van der Waals surface area contributed by atoms with Crippen LogP contribution < -0.4 is 4.90 Å². The maximum atomic E-state index is 11.1. The highest BCUT2D eigenvalue weighted by Crippen LogP contribution is 2.25. The number of nitrogens with zero attached hydrogens (tertiary/aromatic N) is 1. The Kier molecular flexibility index (Phi) is 4.78. The standard InChI is InChI=1S/C14H18BrNO2/c1-2-16(9-13-4-3-7-18-13)14-8-12(15)6-5-11(14)10-17/h5-6,8,10,13H,2-4,7,9H2,1H3. The van der Waals surface area contributed by atoms with Crippen LogP contribution in [0.2, 0.25) is 0 Å². The average molecular weight is 312 g/mol. The number of ether oxygens (including phenoxy) is 1. The van der Waals surface area contributed by atoms with Crippen LogP contribution >= 0.6 is 15.9 Å². The molecule has 0 saturated carbocycles. The first-order chi connectivity index (χ1) is 8.74. The van der Waals surface area contributed by atoms with Crippen molar-refractivity contribution in [2.24, 2.45) is 0 Å². The lowest BCUT2D eigenvalue weighted by molar-refractivity contribution is 0.111. The van der Waals surface area contributed by atoms with Gasteiger partial charge in [0.15, 0.2) is 6.29 Å². The zero-order valence-corrected chi connectivity index (χ0v) is 12.1. The molecule has 0 aromatic heterocycles. The van der Waals surface area contributed by atoms with Crippen LogP contribution in [0.4, 0.5) is 5.69 Å². The molecular formula is C14H18BrNO2. The molecule has 0 aliphatic carbocycles. The van der Waals surface area contributed by atoms with E-state index in [0.29, 0.717) is 6.10 Å². The van der Waals surface area contributed by atoms with E-state index in [9.17, 15) is 4.79 Å². The van der Waals surface area contributed by atoms with E-state index in [2.05, 4.69) is 27.8 Å². The van der Waals surface area contributed by atoms with Crippen LogP contribution in [-0.4, -0.2) is 32.1 Å². The Balaban J connectivity index is 2.19. The van der Waals surface area contributed by atoms with E-state index in [0.717, 1.165) is 54.5 Å². The molecule has 1 heterocycles. The first kappa shape index (κ1) is 13.6. The molecule has 1 atom stereocenters. The maximum absolute atomic E-state index is 11.1. The Bertz CT molecular complexity index is 416. The quantitative estimate of drug-likeness (QED) is 0.782. The van der Waals surface area contributed by atoms with Crippen molar-refractivity contribution in [3.8, 4) is 0 Å². The topological polar surface area (TPSA) is 29.5 Å². The summed E-state index contributed by atoms with van der Waals surface area (Å²) in [4.78, 5) is 13.3. The molecule has 2 rings (SSSR count). The minimum atomic E-state index is 0.295. The molecule has 0 bridgehead atoms. The van der Waals surface area contributed by atoms with Crippen molar-refractivity contribution in [3.63, 3.8) is 0 Å². The summed E-state index contributed by atoms with van der Waals surface area (Å²) in [6, 6.07) is 5.75. The highest BCUT2D eigenvalue weighted by molar-refractivity contribution is 9.10. The molecule has 0 N–H and O–H groups in total. The Labute approximate surface area is 116 Å². The summed E-state index contributed by atoms with van der Waals surface area (Å²) >= 11 is 3.46. The lowest BCUT2D eigenvalue weighted by Gasteiger charge is -2.27. The number of carbonyl (C=O) groups excluding carboxylic acids is 1. The van der Waals surface area contributed by atoms with Crippen molar-refractivity contribution in [1.29, 1.82) is 0 Å². The monoisotopic (exact) mass is 311 g/mol. The molecule has 1 aromatic carbocycles. The van der Waals surface area contributed by atoms with Crippen molar-refractivity contribution < 1.29 is 9.53 Å². The van der Waals surface area contributed by atoms with Gasteiger partial charge in [0.2, 0.25) is 0 Å². The van der Waals surface area contributed by atoms with Crippen molar-refractivity contribution in [3.05, 3.63) is 28.2 Å². The van der Waals surface area contributed by atoms with Gasteiger partial charge in [0.05, 0.1) is 6.10 Å². The van der Waals surface area contributed by atoms with Crippen LogP contribution in [-0.2, 0) is 4.74 Å². The summed E-state index contributed by atoms with van der Waals surface area (Å²) in [5.41, 5.74) is 1.72. The second kappa shape index (κ2) is 6.34. The molecule has 1 saturated heterocycles. The maximum Gasteiger partial charge on any atom is 0.152 e. The normalized spacial score (nSPS) is 18.9. The molecule has 1 aromatic rings. The fourth-order valence-electron chi connectivity index (χ4n) is 2.32. The van der Waals surface area contributed by atoms with Crippen molar-refractivity contribution in [1.82, 2.24) is 0 Å². The summed E-state index contributed by atoms with van der Waals surface area (Å²) in [5, 5.41) is 0. The smallest absolute Gasteiger partial charge is 0.152 e. The molecular weight excluding hydrogens is 294 g/mol. The lowest BCUT2D eigenvalue weighted by Crippen LogP contribution is -2.32. The number of hydrogen-bond donors (Lipinski definition) is 0. The van der Waals surface area contributed by atoms with E-state index in [-0.39, 0.29) is 0 Å². The minimum Gasteiger partial charge on any atom is -0.376 e. The number of halogens is 1. The summed E-state index contributed by atoms with van der Waals surface area (Å²) in [6.45, 7) is 4.69. The van der Waals surface area contributed by atoms with Gasteiger partial charge < -0.3 is 9.64 Å². The number of hydrogen-bond acceptors (Lipinski definition) is 3. The van der Waals surface area contributed by atoms with Crippen LogP contribution in [0.1, 0.15) is 30.1 Å². The third-order valence-electron chi connectivity index (χ3n) is 3.29. The molecule has 0 spiro atoms. The molecule has 4 heteroatoms. The van der Waals surface area contributed by atoms with Gasteiger partial charge in [-0.2, -0.15) is 0 Å². The van der Waals surface area contributed by atoms with E-state index in [1.54, 1.807) is 0 Å². The zero-order valence-electron chi connectivity index (χ0n) is 10.6. The first-order valence-corrected chi connectivity index (χ1v) is 7.15. The van der Waals surface area contributed by atoms with Crippen LogP contribution in [0.5, 0.6) is 0 Å². The van der Waals surface area contributed by atoms with E-state index in [1.807, 2.05) is 18.2 Å². The fourth-order valence-corrected chi connectivity index (χ4v) is 2.67. The minimum absolute atomic E-state index is 0.295. The zero-order chi connectivity index (χ0) is 13.0. The third kappa shape index (κ3) is 3.12. The summed E-state index contributed by atoms with van der Waals surface area (Å²) in [6.07, 6.45) is 3.46. The Hall–Kier alpha value is -0.870. The van der Waals surface area contributed by atoms with Gasteiger partial charge in [-0.3, -0.25) is 4.79 Å². The number of rotatable bonds is 5. The number of anilines is 1. The molecule has 1 unspecified atom stereocenters. The van der Waals surface area contributed by atoms with Crippen LogP contribution in [0.25, 0.3) is 0 Å². The first-order valence-electron chi connectivity index (χ1n) is 6.36. The molecule has 98 valence electrons. The van der Waals surface area contributed by atoms with Crippen molar-refractivity contribution in [2.75, 3.05) is 24.6 Å². The highest BCUT2D eigenvalue weighted by atomic mass is 79.9. The average Bonchev–Trinajstić information content (AvgIpc) is 2.88. The van der Waals surface area contributed by atoms with Gasteiger partial charge in [-0.25, -0.2) is 0 Å². The molecule has 0 radical (unpaired) electrons. The molecule has 1 aliphatic rings. The van der Waals surface area contributed by atoms with Gasteiger partial charge in [0.1, 0.15) is 0 Å². The summed E-state index contributed by atoms with van der Waals surface area (Å²) in [7, 11) is 0. The summed E-state index contributed by atoms with van der Waals surface area (Å²) < 4.78 is 6.66. The van der Waals surface area contributed by atoms with Crippen LogP contribution in [0.15, 0.2) is 22.7 Å². The van der Waals surface area contributed by atoms with E-state index in [1.165, 1.54) is 0 Å². The molecule has 1 fully saturated rings. The van der Waals surface area contributed by atoms with Crippen molar-refractivity contribution >= 4 is 27.9 Å². The Morgan fingerprint density at radius 3 is 3.00 bits per heavy atom. The largest absolute Gasteiger partial charge is 0.376 e. The van der Waals surface area contributed by atoms with Gasteiger partial charge in [-0.1, -0.05) is 15.9 Å². The third-order valence-corrected chi connectivity index (χ3v) is 3.78. The van der Waals surface area contributed by atoms with Crippen molar-refractivity contribution in [2.45, 2.75) is 25.9 Å². The predicted octanol–water partition coefficient (Wildman–Crippen LogP) is 3.27. The van der Waals surface area contributed by atoms with Gasteiger partial charge in [-0.05, 0) is 38.0 Å². The second-order valence-corrected chi connectivity index (χ2v) is 5.41. The number of aldehydes is 1. The predicted molar refractivity (Wildman–Crippen MR) is 76.4 cm³/mol. The Morgan fingerprint density at radius 1 is 1.56 bits per heavy atom. The van der Waals surface area contributed by atoms with Gasteiger partial charge in [0, 0.05) is 35.4 Å². The van der Waals surface area contributed by atoms with Crippen LogP contribution in [0.3, 0.4) is 0 Å². The Morgan fingerprint density at radius 2 is 2.39 bits per heavy atom. The number of carbonyl (C=O) groups is 1. The van der Waals surface area contributed by atoms with Gasteiger partial charge >= 0.3 is 0 Å². The summed E-state index contributed by atoms with van der Waals surface area (Å²) in [5.74, 6) is 0. The number of likely N-dealkylation sites (N-methyl/N-ethyl adjacent to an activating group) is 1. The van der Waals surface area contributed by atoms with Crippen LogP contribution in [0, 0.1) is 0 Å². The van der Waals surface area contributed by atoms with Gasteiger partial charge in [0.25, 0.3) is 0 Å². The molecule has 3 nitrogen and oxygen atoms in total. The second-order valence-electron chi connectivity index (χ2n) is 4.49. The molecule has 18 heavy (non-hydrogen) atoms. The van der Waals surface area contributed by atoms with E-state index >= 15 is 0 Å². The SMILES string of the molecule is CCN(CC1CCCO1)c1cc(Br)ccc1C=O. The lowest BCUT2D eigenvalue weighted by atomic mass is 10.1. The highest BCUT2D eigenvalue weighted by Gasteiger charge is 2.20. The molecule has 0 amide bonds. The van der Waals surface area contributed by atoms with E-state index in [4.69, 9.17) is 4.74 Å². The van der Waals surface area contributed by atoms with Gasteiger partial charge in [-0.15, -0.1) is 0 Å². The molecule has 1 aliphatic heterocycles. The number of benzene rings is 1.